The number of rotatable bonds is 12. The smallest absolute Gasteiger partial charge is 0.407 e. The minimum absolute atomic E-state index is 0.0861. The monoisotopic (exact) mass is 856 g/mol. The molecule has 1 atom stereocenters. The average molecular weight is 857 g/mol. The van der Waals surface area contributed by atoms with E-state index in [9.17, 15) is 29.1 Å². The van der Waals surface area contributed by atoms with Gasteiger partial charge in [-0.05, 0) is 137 Å². The first-order valence-corrected chi connectivity index (χ1v) is 21.7. The second-order valence-electron chi connectivity index (χ2n) is 17.6. The fraction of sp³-hybridized carbons (Fsp3) is 0.396. The van der Waals surface area contributed by atoms with Crippen LogP contribution in [0.15, 0.2) is 85.1 Å². The Morgan fingerprint density at radius 3 is 2.32 bits per heavy atom. The molecule has 3 heterocycles. The Hall–Kier alpha value is -6.77. The third-order valence-electron chi connectivity index (χ3n) is 11.7. The molecule has 15 heteroatoms. The number of likely N-dealkylation sites (tertiary alicyclic amines) is 1. The van der Waals surface area contributed by atoms with E-state index in [0.29, 0.717) is 68.1 Å². The minimum atomic E-state index is -0.940. The number of pyridine rings is 1. The minimum Gasteiger partial charge on any atom is -0.465 e. The number of carboxylic acid groups (broad SMARTS) is 1. The van der Waals surface area contributed by atoms with Gasteiger partial charge in [0.05, 0.1) is 11.0 Å². The van der Waals surface area contributed by atoms with Crippen LogP contribution in [-0.4, -0.2) is 92.2 Å². The van der Waals surface area contributed by atoms with Crippen LogP contribution in [0.2, 0.25) is 0 Å². The molecule has 6 N–H and O–H groups in total. The van der Waals surface area contributed by atoms with Crippen LogP contribution in [0.5, 0.6) is 0 Å². The number of anilines is 1. The van der Waals surface area contributed by atoms with Crippen LogP contribution in [0.4, 0.5) is 15.3 Å². The number of benzene rings is 3. The summed E-state index contributed by atoms with van der Waals surface area (Å²) in [6, 6.07) is 23.5. The Kier molecular flexibility index (Phi) is 13.7. The zero-order chi connectivity index (χ0) is 44.7. The van der Waals surface area contributed by atoms with Crippen molar-refractivity contribution in [3.63, 3.8) is 0 Å². The third-order valence-corrected chi connectivity index (χ3v) is 11.7. The van der Waals surface area contributed by atoms with Crippen LogP contribution in [0, 0.1) is 18.8 Å². The van der Waals surface area contributed by atoms with Gasteiger partial charge in [-0.15, -0.1) is 0 Å². The van der Waals surface area contributed by atoms with Crippen molar-refractivity contribution in [2.45, 2.75) is 90.3 Å². The molecular formula is C48H56N8O7. The molecule has 2 aromatic heterocycles. The number of carbonyl (C=O) groups is 5. The van der Waals surface area contributed by atoms with Crippen molar-refractivity contribution in [2.75, 3.05) is 25.0 Å². The number of alkyl carbamates (subject to hydrolysis) is 1. The van der Waals surface area contributed by atoms with Gasteiger partial charge in [-0.1, -0.05) is 36.4 Å². The predicted octanol–water partition coefficient (Wildman–Crippen LogP) is 7.47. The number of ether oxygens (including phenoxy) is 1. The quantitative estimate of drug-likeness (QED) is 0.0735. The van der Waals surface area contributed by atoms with Crippen LogP contribution < -0.4 is 21.3 Å². The summed E-state index contributed by atoms with van der Waals surface area (Å²) in [5.74, 6) is -0.168. The number of aryl methyl sites for hydroxylation is 1. The first-order valence-electron chi connectivity index (χ1n) is 21.7. The lowest BCUT2D eigenvalue weighted by molar-refractivity contribution is -0.130. The van der Waals surface area contributed by atoms with Gasteiger partial charge in [-0.25, -0.2) is 14.6 Å². The van der Waals surface area contributed by atoms with Gasteiger partial charge in [0.25, 0.3) is 5.91 Å². The van der Waals surface area contributed by atoms with E-state index in [2.05, 4.69) is 36.2 Å². The molecule has 63 heavy (non-hydrogen) atoms. The normalized spacial score (nSPS) is 17.4. The van der Waals surface area contributed by atoms with E-state index >= 15 is 0 Å². The number of aromatic nitrogens is 3. The Labute approximate surface area is 366 Å². The number of H-pyrrole nitrogens is 1. The molecule has 0 unspecified atom stereocenters. The van der Waals surface area contributed by atoms with Gasteiger partial charge in [-0.2, -0.15) is 0 Å². The van der Waals surface area contributed by atoms with E-state index in [-0.39, 0.29) is 42.0 Å². The van der Waals surface area contributed by atoms with Crippen LogP contribution in [0.3, 0.4) is 0 Å². The van der Waals surface area contributed by atoms with Crippen molar-refractivity contribution in [3.05, 3.63) is 102 Å². The number of piperidine rings is 1. The first-order chi connectivity index (χ1) is 30.2. The maximum Gasteiger partial charge on any atom is 0.407 e. The number of fused-ring (bicyclic) bond motifs is 1. The van der Waals surface area contributed by atoms with Crippen molar-refractivity contribution in [1.29, 1.82) is 0 Å². The highest BCUT2D eigenvalue weighted by Crippen LogP contribution is 2.30. The Morgan fingerprint density at radius 1 is 0.905 bits per heavy atom. The molecule has 1 saturated carbocycles. The van der Waals surface area contributed by atoms with E-state index in [4.69, 9.17) is 4.74 Å². The second kappa shape index (κ2) is 19.5. The Balaban J connectivity index is 1.02. The van der Waals surface area contributed by atoms with E-state index in [0.717, 1.165) is 46.1 Å². The zero-order valence-electron chi connectivity index (χ0n) is 36.2. The molecule has 2 fully saturated rings. The molecule has 0 bridgehead atoms. The number of amides is 5. The molecule has 3 aromatic carbocycles. The standard InChI is InChI=1S/C48H56N8O7/c1-29-25-34(44(58)51-35-20-23-56(24-21-35)47(61)62)16-18-37(29)32-12-8-30(9-13-32)26-41(55-43(57)33-14-10-31(11-15-33)28-50-46(60)63-48(2,3)4)45(59)52-36-17-19-38-40(27-36)54-42(53-38)39-7-5-6-22-49-39/h5-9,12-13,16-19,22,25,27,31,33,35,41H,10-11,14-15,20-21,23-24,26,28H2,1-4H3,(H,50,60)(H,51,58)(H,52,59)(H,53,54)(H,55,57)(H,61,62)/t31?,33?,41-/m0/s1. The van der Waals surface area contributed by atoms with Gasteiger partial charge in [-0.3, -0.25) is 19.4 Å². The van der Waals surface area contributed by atoms with Gasteiger partial charge in [0.2, 0.25) is 11.8 Å². The molecule has 7 rings (SSSR count). The van der Waals surface area contributed by atoms with Crippen molar-refractivity contribution in [1.82, 2.24) is 35.8 Å². The SMILES string of the molecule is Cc1cc(C(=O)NC2CCN(C(=O)O)CC2)ccc1-c1ccc(C[C@H](NC(=O)C2CCC(CNC(=O)OC(C)(C)C)CC2)C(=O)Nc2ccc3nc(-c4ccccn4)[nH]c3c2)cc1. The summed E-state index contributed by atoms with van der Waals surface area (Å²) in [6.07, 6.45) is 4.48. The molecule has 1 saturated heterocycles. The molecular weight excluding hydrogens is 801 g/mol. The fourth-order valence-corrected chi connectivity index (χ4v) is 8.28. The van der Waals surface area contributed by atoms with Crippen LogP contribution in [0.25, 0.3) is 33.7 Å². The maximum atomic E-state index is 14.1. The number of nitrogens with one attached hydrogen (secondary N) is 5. The van der Waals surface area contributed by atoms with Gasteiger partial charge in [0.1, 0.15) is 17.3 Å². The molecule has 1 aliphatic heterocycles. The molecule has 5 aromatic rings. The van der Waals surface area contributed by atoms with E-state index in [1.807, 2.05) is 94.4 Å². The van der Waals surface area contributed by atoms with Gasteiger partial charge >= 0.3 is 12.2 Å². The van der Waals surface area contributed by atoms with Crippen LogP contribution in [-0.2, 0) is 20.7 Å². The lowest BCUT2D eigenvalue weighted by Crippen LogP contribution is -2.48. The number of imidazole rings is 1. The summed E-state index contributed by atoms with van der Waals surface area (Å²) in [6.45, 7) is 8.67. The number of hydrogen-bond donors (Lipinski definition) is 6. The maximum absolute atomic E-state index is 14.1. The Morgan fingerprint density at radius 2 is 1.65 bits per heavy atom. The highest BCUT2D eigenvalue weighted by atomic mass is 16.6. The van der Waals surface area contributed by atoms with Gasteiger partial charge in [0, 0.05) is 55.5 Å². The van der Waals surface area contributed by atoms with Crippen LogP contribution in [0.1, 0.15) is 80.8 Å². The summed E-state index contributed by atoms with van der Waals surface area (Å²) in [7, 11) is 0. The number of aromatic amines is 1. The van der Waals surface area contributed by atoms with E-state index < -0.39 is 23.8 Å². The Bertz CT molecular complexity index is 2430. The predicted molar refractivity (Wildman–Crippen MR) is 240 cm³/mol. The fourth-order valence-electron chi connectivity index (χ4n) is 8.28. The molecule has 330 valence electrons. The third kappa shape index (κ3) is 11.8. The van der Waals surface area contributed by atoms with Crippen LogP contribution >= 0.6 is 0 Å². The first kappa shape index (κ1) is 44.3. The van der Waals surface area contributed by atoms with Crippen molar-refractivity contribution in [2.24, 2.45) is 11.8 Å². The summed E-state index contributed by atoms with van der Waals surface area (Å²) < 4.78 is 5.38. The van der Waals surface area contributed by atoms with E-state index in [1.54, 1.807) is 18.3 Å². The second-order valence-corrected chi connectivity index (χ2v) is 17.6. The number of nitrogens with zero attached hydrogens (tertiary/aromatic N) is 3. The lowest BCUT2D eigenvalue weighted by Gasteiger charge is -2.30. The number of hydrogen-bond acceptors (Lipinski definition) is 8. The zero-order valence-corrected chi connectivity index (χ0v) is 36.2. The summed E-state index contributed by atoms with van der Waals surface area (Å²) >= 11 is 0. The van der Waals surface area contributed by atoms with Crippen molar-refractivity contribution >= 4 is 46.6 Å². The van der Waals surface area contributed by atoms with E-state index in [1.165, 1.54) is 4.90 Å². The topological polar surface area (TPSA) is 208 Å². The lowest BCUT2D eigenvalue weighted by atomic mass is 9.81. The molecule has 1 aliphatic carbocycles. The summed E-state index contributed by atoms with van der Waals surface area (Å²) in [5.41, 5.74) is 6.29. The molecule has 0 radical (unpaired) electrons. The number of carbonyl (C=O) groups excluding carboxylic acids is 4. The molecule has 0 spiro atoms. The summed E-state index contributed by atoms with van der Waals surface area (Å²) in [5, 5.41) is 21.2. The van der Waals surface area contributed by atoms with Gasteiger partial charge in [0.15, 0.2) is 5.82 Å². The molecule has 15 nitrogen and oxygen atoms in total. The molecule has 2 aliphatic rings. The van der Waals surface area contributed by atoms with Crippen molar-refractivity contribution < 1.29 is 33.8 Å². The summed E-state index contributed by atoms with van der Waals surface area (Å²) in [4.78, 5) is 78.2. The molecule has 5 amide bonds. The highest BCUT2D eigenvalue weighted by Gasteiger charge is 2.31. The van der Waals surface area contributed by atoms with Gasteiger partial charge < -0.3 is 41.0 Å². The average Bonchev–Trinajstić information content (AvgIpc) is 3.69. The van der Waals surface area contributed by atoms with Crippen molar-refractivity contribution in [3.8, 4) is 22.6 Å². The highest BCUT2D eigenvalue weighted by molar-refractivity contribution is 5.99. The largest absolute Gasteiger partial charge is 0.465 e.